The zero-order valence-corrected chi connectivity index (χ0v) is 22.3. The second-order valence-electron chi connectivity index (χ2n) is 8.42. The number of halogens is 4. The van der Waals surface area contributed by atoms with Gasteiger partial charge in [0, 0.05) is 24.3 Å². The normalized spacial score (nSPS) is 15.2. The minimum Gasteiger partial charge on any atom is -0.396 e. The van der Waals surface area contributed by atoms with E-state index in [0.29, 0.717) is 12.0 Å². The molecular weight excluding hydrogens is 470 g/mol. The summed E-state index contributed by atoms with van der Waals surface area (Å²) in [5.74, 6) is -1.97. The highest BCUT2D eigenvalue weighted by Gasteiger charge is 2.38. The van der Waals surface area contributed by atoms with E-state index in [9.17, 15) is 22.4 Å². The highest BCUT2D eigenvalue weighted by molar-refractivity contribution is 5.95. The second-order valence-corrected chi connectivity index (χ2v) is 8.42. The van der Waals surface area contributed by atoms with Gasteiger partial charge in [-0.25, -0.2) is 4.39 Å². The molecule has 0 aromatic heterocycles. The topological polar surface area (TPSA) is 40.5 Å². The van der Waals surface area contributed by atoms with Crippen molar-refractivity contribution in [2.24, 2.45) is 0 Å². The number of aliphatic hydroxyl groups excluding tert-OH is 1. The van der Waals surface area contributed by atoms with Gasteiger partial charge in [0.05, 0.1) is 5.92 Å². The van der Waals surface area contributed by atoms with Crippen molar-refractivity contribution >= 4 is 5.91 Å². The summed E-state index contributed by atoms with van der Waals surface area (Å²) in [5.41, 5.74) is 0.595. The number of aliphatic hydroxyl groups is 1. The summed E-state index contributed by atoms with van der Waals surface area (Å²) in [6.45, 7) is 12.3. The molecule has 204 valence electrons. The van der Waals surface area contributed by atoms with Crippen LogP contribution in [0.4, 0.5) is 17.6 Å². The van der Waals surface area contributed by atoms with Gasteiger partial charge in [-0.3, -0.25) is 4.79 Å². The third-order valence-corrected chi connectivity index (χ3v) is 5.68. The SMILES string of the molecule is C=C/C(F)=C\C=C/C.CC.CCCC(CCCO)N(C(=O)c1ccc(C(C)C(F)(F)F)cc1)C1CC1. The Morgan fingerprint density at radius 3 is 2.19 bits per heavy atom. The van der Waals surface area contributed by atoms with Gasteiger partial charge in [-0.2, -0.15) is 13.2 Å². The van der Waals surface area contributed by atoms with Gasteiger partial charge in [0.15, 0.2) is 0 Å². The fourth-order valence-corrected chi connectivity index (χ4v) is 3.57. The predicted octanol–water partition coefficient (Wildman–Crippen LogP) is 8.53. The average molecular weight is 514 g/mol. The molecule has 1 aliphatic carbocycles. The third kappa shape index (κ3) is 12.0. The van der Waals surface area contributed by atoms with Crippen LogP contribution in [0.1, 0.15) is 95.0 Å². The molecule has 1 amide bonds. The molecule has 2 unspecified atom stereocenters. The van der Waals surface area contributed by atoms with Crippen LogP contribution in [0.25, 0.3) is 0 Å². The smallest absolute Gasteiger partial charge is 0.395 e. The minimum absolute atomic E-state index is 0.0703. The summed E-state index contributed by atoms with van der Waals surface area (Å²) in [6, 6.07) is 6.10. The van der Waals surface area contributed by atoms with Crippen LogP contribution < -0.4 is 0 Å². The lowest BCUT2D eigenvalue weighted by Crippen LogP contribution is -2.42. The lowest BCUT2D eigenvalue weighted by molar-refractivity contribution is -0.146. The molecule has 36 heavy (non-hydrogen) atoms. The fourth-order valence-electron chi connectivity index (χ4n) is 3.57. The third-order valence-electron chi connectivity index (χ3n) is 5.68. The van der Waals surface area contributed by atoms with E-state index in [1.54, 1.807) is 12.2 Å². The van der Waals surface area contributed by atoms with Crippen molar-refractivity contribution in [2.75, 3.05) is 6.61 Å². The van der Waals surface area contributed by atoms with E-state index in [2.05, 4.69) is 13.5 Å². The first-order valence-electron chi connectivity index (χ1n) is 12.8. The van der Waals surface area contributed by atoms with Crippen molar-refractivity contribution in [1.29, 1.82) is 0 Å². The Kier molecular flexibility index (Phi) is 16.7. The van der Waals surface area contributed by atoms with E-state index in [1.165, 1.54) is 36.4 Å². The van der Waals surface area contributed by atoms with Crippen LogP contribution >= 0.6 is 0 Å². The number of hydrogen-bond donors (Lipinski definition) is 1. The number of carbonyl (C=O) groups excluding carboxylic acids is 1. The number of allylic oxidation sites excluding steroid dienone is 5. The summed E-state index contributed by atoms with van der Waals surface area (Å²) in [5, 5.41) is 9.13. The molecule has 1 aromatic rings. The van der Waals surface area contributed by atoms with Gasteiger partial charge in [0.2, 0.25) is 0 Å². The van der Waals surface area contributed by atoms with Gasteiger partial charge in [-0.1, -0.05) is 58.1 Å². The Balaban J connectivity index is 0.00000104. The van der Waals surface area contributed by atoms with E-state index < -0.39 is 12.1 Å². The number of nitrogens with zero attached hydrogens (tertiary/aromatic N) is 1. The molecule has 1 fully saturated rings. The number of hydrogen-bond acceptors (Lipinski definition) is 2. The largest absolute Gasteiger partial charge is 0.396 e. The molecule has 0 spiro atoms. The van der Waals surface area contributed by atoms with Crippen LogP contribution in [0.5, 0.6) is 0 Å². The van der Waals surface area contributed by atoms with Crippen molar-refractivity contribution in [2.45, 2.75) is 97.3 Å². The van der Waals surface area contributed by atoms with Gasteiger partial charge >= 0.3 is 6.18 Å². The number of benzene rings is 1. The van der Waals surface area contributed by atoms with Crippen molar-refractivity contribution in [3.8, 4) is 0 Å². The van der Waals surface area contributed by atoms with Crippen molar-refractivity contribution < 1.29 is 27.5 Å². The lowest BCUT2D eigenvalue weighted by Gasteiger charge is -2.32. The van der Waals surface area contributed by atoms with Gasteiger partial charge in [0.25, 0.3) is 5.91 Å². The van der Waals surface area contributed by atoms with Crippen molar-refractivity contribution in [3.63, 3.8) is 0 Å². The molecule has 0 saturated heterocycles. The van der Waals surface area contributed by atoms with Crippen LogP contribution in [0.2, 0.25) is 0 Å². The highest BCUT2D eigenvalue weighted by atomic mass is 19.4. The Morgan fingerprint density at radius 2 is 1.78 bits per heavy atom. The van der Waals surface area contributed by atoms with E-state index in [0.717, 1.165) is 39.0 Å². The van der Waals surface area contributed by atoms with Crippen LogP contribution in [0.3, 0.4) is 0 Å². The number of alkyl halides is 3. The van der Waals surface area contributed by atoms with E-state index in [-0.39, 0.29) is 36.0 Å². The molecule has 1 N–H and O–H groups in total. The summed E-state index contributed by atoms with van der Waals surface area (Å²) < 4.78 is 50.6. The number of rotatable bonds is 11. The number of carbonyl (C=O) groups is 1. The second kappa shape index (κ2) is 17.9. The van der Waals surface area contributed by atoms with E-state index in [4.69, 9.17) is 5.11 Å². The van der Waals surface area contributed by atoms with Crippen molar-refractivity contribution in [3.05, 3.63) is 72.1 Å². The highest BCUT2D eigenvalue weighted by Crippen LogP contribution is 2.35. The molecule has 1 aromatic carbocycles. The maximum atomic E-state index is 13.0. The Morgan fingerprint density at radius 1 is 1.19 bits per heavy atom. The predicted molar refractivity (Wildman–Crippen MR) is 141 cm³/mol. The molecular formula is C29H43F4NO2. The monoisotopic (exact) mass is 513 g/mol. The molecule has 0 bridgehead atoms. The Hall–Kier alpha value is -2.41. The first-order valence-corrected chi connectivity index (χ1v) is 12.8. The summed E-state index contributed by atoms with van der Waals surface area (Å²) in [4.78, 5) is 14.9. The molecule has 0 aliphatic heterocycles. The zero-order valence-electron chi connectivity index (χ0n) is 22.3. The molecule has 0 radical (unpaired) electrons. The van der Waals surface area contributed by atoms with Gasteiger partial charge < -0.3 is 10.0 Å². The maximum absolute atomic E-state index is 13.0. The van der Waals surface area contributed by atoms with Gasteiger partial charge in [0.1, 0.15) is 5.83 Å². The van der Waals surface area contributed by atoms with Gasteiger partial charge in [-0.15, -0.1) is 0 Å². The van der Waals surface area contributed by atoms with Crippen LogP contribution in [-0.4, -0.2) is 40.8 Å². The minimum atomic E-state index is -4.29. The fraction of sp³-hybridized carbons (Fsp3) is 0.552. The quantitative estimate of drug-likeness (QED) is 0.238. The standard InChI is InChI=1S/C20H28F3NO2.C7H9F.C2H6/c1-3-5-17(6-4-13-25)24(18-11-12-18)19(26)16-9-7-15(8-10-16)14(2)20(21,22)23;1-3-5-6-7(8)4-2;1-2/h7-10,14,17-18,25H,3-6,11-13H2,1-2H3;3-6H,2H2,1H3;1-2H3/b;5-3-,7-6+;. The van der Waals surface area contributed by atoms with Crippen LogP contribution in [-0.2, 0) is 0 Å². The van der Waals surface area contributed by atoms with Crippen LogP contribution in [0, 0.1) is 0 Å². The first-order chi connectivity index (χ1) is 17.1. The average Bonchev–Trinajstić information content (AvgIpc) is 3.71. The summed E-state index contributed by atoms with van der Waals surface area (Å²) in [6.07, 6.45) is 6.73. The first kappa shape index (κ1) is 33.6. The zero-order chi connectivity index (χ0) is 27.7. The summed E-state index contributed by atoms with van der Waals surface area (Å²) >= 11 is 0. The molecule has 3 nitrogen and oxygen atoms in total. The molecule has 7 heteroatoms. The molecule has 2 rings (SSSR count). The molecule has 1 saturated carbocycles. The van der Waals surface area contributed by atoms with Gasteiger partial charge in [-0.05, 0) is 75.8 Å². The summed E-state index contributed by atoms with van der Waals surface area (Å²) in [7, 11) is 0. The molecule has 2 atom stereocenters. The molecule has 1 aliphatic rings. The van der Waals surface area contributed by atoms with E-state index >= 15 is 0 Å². The van der Waals surface area contributed by atoms with E-state index in [1.807, 2.05) is 25.7 Å². The number of amides is 1. The van der Waals surface area contributed by atoms with Crippen molar-refractivity contribution in [1.82, 2.24) is 4.90 Å². The molecule has 0 heterocycles. The lowest BCUT2D eigenvalue weighted by atomic mass is 9.98. The Labute approximate surface area is 214 Å². The Bertz CT molecular complexity index is 812. The van der Waals surface area contributed by atoms with Crippen LogP contribution in [0.15, 0.2) is 61.0 Å². The maximum Gasteiger partial charge on any atom is 0.395 e.